The van der Waals surface area contributed by atoms with E-state index in [9.17, 15) is 15.0 Å². The lowest BCUT2D eigenvalue weighted by Gasteiger charge is -2.32. The second kappa shape index (κ2) is 5.52. The second-order valence-corrected chi connectivity index (χ2v) is 4.57. The quantitative estimate of drug-likeness (QED) is 0.851. The normalized spacial score (nSPS) is 13.4. The molecule has 0 aliphatic rings. The van der Waals surface area contributed by atoms with Crippen LogP contribution in [0, 0.1) is 0 Å². The third-order valence-corrected chi connectivity index (χ3v) is 3.43. The van der Waals surface area contributed by atoms with Crippen LogP contribution < -0.4 is 0 Å². The highest BCUT2D eigenvalue weighted by Gasteiger charge is 2.39. The smallest absolute Gasteiger partial charge is 0.313 e. The van der Waals surface area contributed by atoms with Crippen LogP contribution in [0.3, 0.4) is 0 Å². The fourth-order valence-electron chi connectivity index (χ4n) is 2.03. The Hall–Kier alpha value is -1.06. The molecule has 0 heterocycles. The molecule has 0 unspecified atom stereocenters. The van der Waals surface area contributed by atoms with Crippen molar-refractivity contribution in [2.45, 2.75) is 38.2 Å². The summed E-state index contributed by atoms with van der Waals surface area (Å²) in [5.41, 5.74) is -0.701. The van der Waals surface area contributed by atoms with Gasteiger partial charge in [0.2, 0.25) is 0 Å². The summed E-state index contributed by atoms with van der Waals surface area (Å²) in [6, 6.07) is 6.65. The number of hydrogen-bond donors (Lipinski definition) is 2. The molecule has 0 bridgehead atoms. The van der Waals surface area contributed by atoms with Gasteiger partial charge < -0.3 is 10.2 Å². The molecule has 0 spiro atoms. The maximum Gasteiger partial charge on any atom is 0.313 e. The maximum atomic E-state index is 11.4. The predicted octanol–water partition coefficient (Wildman–Crippen LogP) is 3.06. The van der Waals surface area contributed by atoms with Crippen LogP contribution in [0.4, 0.5) is 0 Å². The van der Waals surface area contributed by atoms with Crippen LogP contribution in [0.2, 0.25) is 5.02 Å². The molecule has 0 aromatic heterocycles. The number of aliphatic hydroxyl groups is 1. The van der Waals surface area contributed by atoms with E-state index >= 15 is 0 Å². The molecule has 0 saturated heterocycles. The number of benzene rings is 1. The van der Waals surface area contributed by atoms with Gasteiger partial charge in [0.1, 0.15) is 5.92 Å². The van der Waals surface area contributed by atoms with E-state index in [4.69, 9.17) is 11.6 Å². The zero-order chi connectivity index (χ0) is 13.1. The monoisotopic (exact) mass is 256 g/mol. The van der Waals surface area contributed by atoms with Crippen molar-refractivity contribution >= 4 is 17.6 Å². The highest BCUT2D eigenvalue weighted by Crippen LogP contribution is 2.35. The highest BCUT2D eigenvalue weighted by molar-refractivity contribution is 6.30. The van der Waals surface area contributed by atoms with E-state index in [-0.39, 0.29) is 0 Å². The third kappa shape index (κ3) is 2.99. The van der Waals surface area contributed by atoms with Gasteiger partial charge in [0, 0.05) is 5.02 Å². The summed E-state index contributed by atoms with van der Waals surface area (Å²) in [7, 11) is 0. The van der Waals surface area contributed by atoms with Gasteiger partial charge in [0.15, 0.2) is 0 Å². The minimum atomic E-state index is -1.24. The lowest BCUT2D eigenvalue weighted by atomic mass is 9.78. The van der Waals surface area contributed by atoms with Gasteiger partial charge >= 0.3 is 5.97 Å². The molecule has 1 atom stereocenters. The van der Waals surface area contributed by atoms with Crippen LogP contribution in [0.15, 0.2) is 24.3 Å². The maximum absolute atomic E-state index is 11.4. The Bertz CT molecular complexity index is 399. The Morgan fingerprint density at radius 3 is 2.41 bits per heavy atom. The number of carboxylic acid groups (broad SMARTS) is 1. The van der Waals surface area contributed by atoms with E-state index < -0.39 is 17.5 Å². The number of carboxylic acids is 1. The van der Waals surface area contributed by atoms with Gasteiger partial charge in [-0.3, -0.25) is 4.79 Å². The molecule has 0 fully saturated rings. The standard InChI is InChI=1S/C13H17ClO3/c1-3-13(17,4-2)11(12(15)16)9-6-5-7-10(14)8-9/h5-8,11,17H,3-4H2,1-2H3,(H,15,16)/t11-/m1/s1. The molecular formula is C13H17ClO3. The van der Waals surface area contributed by atoms with Gasteiger partial charge in [-0.05, 0) is 30.5 Å². The van der Waals surface area contributed by atoms with Crippen LogP contribution >= 0.6 is 11.6 Å². The summed E-state index contributed by atoms with van der Waals surface area (Å²) in [6.07, 6.45) is 0.764. The van der Waals surface area contributed by atoms with Crippen molar-refractivity contribution in [1.29, 1.82) is 0 Å². The number of hydrogen-bond acceptors (Lipinski definition) is 2. The van der Waals surface area contributed by atoms with E-state index in [1.54, 1.807) is 38.1 Å². The minimum Gasteiger partial charge on any atom is -0.481 e. The van der Waals surface area contributed by atoms with Gasteiger partial charge in [-0.1, -0.05) is 37.6 Å². The van der Waals surface area contributed by atoms with Crippen LogP contribution in [0.1, 0.15) is 38.2 Å². The Morgan fingerprint density at radius 1 is 1.41 bits per heavy atom. The first kappa shape index (κ1) is 14.0. The largest absolute Gasteiger partial charge is 0.481 e. The molecule has 0 aliphatic carbocycles. The summed E-state index contributed by atoms with van der Waals surface area (Å²) >= 11 is 5.86. The summed E-state index contributed by atoms with van der Waals surface area (Å²) in [5, 5.41) is 20.2. The summed E-state index contributed by atoms with van der Waals surface area (Å²) in [5.74, 6) is -1.98. The second-order valence-electron chi connectivity index (χ2n) is 4.14. The molecule has 0 aliphatic heterocycles. The van der Waals surface area contributed by atoms with Gasteiger partial charge in [0.05, 0.1) is 5.60 Å². The Kier molecular flexibility index (Phi) is 4.54. The number of aliphatic carboxylic acids is 1. The third-order valence-electron chi connectivity index (χ3n) is 3.19. The number of rotatable bonds is 5. The summed E-state index contributed by atoms with van der Waals surface area (Å²) in [6.45, 7) is 3.56. The van der Waals surface area contributed by atoms with Crippen LogP contribution in [-0.2, 0) is 4.79 Å². The van der Waals surface area contributed by atoms with E-state index in [1.807, 2.05) is 0 Å². The number of halogens is 1. The highest BCUT2D eigenvalue weighted by atomic mass is 35.5. The first-order valence-electron chi connectivity index (χ1n) is 5.65. The molecule has 0 radical (unpaired) electrons. The average Bonchev–Trinajstić information content (AvgIpc) is 2.28. The van der Waals surface area contributed by atoms with E-state index in [2.05, 4.69) is 0 Å². The Morgan fingerprint density at radius 2 is 2.00 bits per heavy atom. The van der Waals surface area contributed by atoms with Gasteiger partial charge in [-0.2, -0.15) is 0 Å². The van der Waals surface area contributed by atoms with Gasteiger partial charge in [-0.25, -0.2) is 0 Å². The van der Waals surface area contributed by atoms with Crippen LogP contribution in [0.5, 0.6) is 0 Å². The van der Waals surface area contributed by atoms with Crippen molar-refractivity contribution < 1.29 is 15.0 Å². The molecule has 17 heavy (non-hydrogen) atoms. The lowest BCUT2D eigenvalue weighted by molar-refractivity contribution is -0.146. The molecule has 2 N–H and O–H groups in total. The Labute approximate surface area is 106 Å². The molecule has 4 heteroatoms. The summed E-state index contributed by atoms with van der Waals surface area (Å²) < 4.78 is 0. The molecule has 0 amide bonds. The van der Waals surface area contributed by atoms with E-state index in [1.165, 1.54) is 0 Å². The first-order valence-corrected chi connectivity index (χ1v) is 6.03. The summed E-state index contributed by atoms with van der Waals surface area (Å²) in [4.78, 5) is 11.4. The topological polar surface area (TPSA) is 57.5 Å². The zero-order valence-corrected chi connectivity index (χ0v) is 10.7. The molecule has 1 aromatic rings. The molecule has 1 aromatic carbocycles. The van der Waals surface area contributed by atoms with Crippen molar-refractivity contribution in [1.82, 2.24) is 0 Å². The fraction of sp³-hybridized carbons (Fsp3) is 0.462. The molecule has 3 nitrogen and oxygen atoms in total. The van der Waals surface area contributed by atoms with Crippen molar-refractivity contribution in [3.05, 3.63) is 34.9 Å². The zero-order valence-electron chi connectivity index (χ0n) is 9.98. The van der Waals surface area contributed by atoms with E-state index in [0.29, 0.717) is 23.4 Å². The molecule has 0 saturated carbocycles. The average molecular weight is 257 g/mol. The fourth-order valence-corrected chi connectivity index (χ4v) is 2.23. The van der Waals surface area contributed by atoms with Crippen molar-refractivity contribution in [2.24, 2.45) is 0 Å². The lowest BCUT2D eigenvalue weighted by Crippen LogP contribution is -2.39. The molecule has 1 rings (SSSR count). The van der Waals surface area contributed by atoms with Crippen LogP contribution in [0.25, 0.3) is 0 Å². The molecular weight excluding hydrogens is 240 g/mol. The minimum absolute atomic E-state index is 0.382. The van der Waals surface area contributed by atoms with Crippen molar-refractivity contribution in [2.75, 3.05) is 0 Å². The van der Waals surface area contributed by atoms with Crippen LogP contribution in [-0.4, -0.2) is 21.8 Å². The van der Waals surface area contributed by atoms with Crippen molar-refractivity contribution in [3.8, 4) is 0 Å². The SMILES string of the molecule is CCC(O)(CC)[C@@H](C(=O)O)c1cccc(Cl)c1. The van der Waals surface area contributed by atoms with Gasteiger partial charge in [-0.15, -0.1) is 0 Å². The van der Waals surface area contributed by atoms with Crippen molar-refractivity contribution in [3.63, 3.8) is 0 Å². The molecule has 94 valence electrons. The number of carbonyl (C=O) groups is 1. The van der Waals surface area contributed by atoms with E-state index in [0.717, 1.165) is 0 Å². The predicted molar refractivity (Wildman–Crippen MR) is 67.4 cm³/mol. The van der Waals surface area contributed by atoms with Gasteiger partial charge in [0.25, 0.3) is 0 Å². The first-order chi connectivity index (χ1) is 7.94. The Balaban J connectivity index is 3.23.